The Bertz CT molecular complexity index is 1190. The van der Waals surface area contributed by atoms with Crippen molar-refractivity contribution >= 4 is 22.4 Å². The third-order valence-electron chi connectivity index (χ3n) is 4.73. The van der Waals surface area contributed by atoms with Crippen LogP contribution in [0.15, 0.2) is 61.2 Å². The summed E-state index contributed by atoms with van der Waals surface area (Å²) < 4.78 is 23.9. The van der Waals surface area contributed by atoms with Crippen LogP contribution in [-0.2, 0) is 0 Å². The largest absolute Gasteiger partial charge is 0.495 e. The Balaban J connectivity index is 1.75. The molecule has 0 spiro atoms. The molecule has 0 bridgehead atoms. The molecule has 1 aromatic carbocycles. The first-order valence-electron chi connectivity index (χ1n) is 9.15. The average molecular weight is 406 g/mol. The van der Waals surface area contributed by atoms with Crippen molar-refractivity contribution < 1.29 is 18.7 Å². The van der Waals surface area contributed by atoms with Gasteiger partial charge in [0.05, 0.1) is 32.3 Å². The molecule has 0 fully saturated rings. The highest BCUT2D eigenvalue weighted by molar-refractivity contribution is 6.11. The SMILES string of the molecule is COc1cncc(NC(C(=O)c2c[nH]c3cc(F)ccc23)c2ccc(OC)nc2)c1. The van der Waals surface area contributed by atoms with Gasteiger partial charge in [-0.1, -0.05) is 0 Å². The Morgan fingerprint density at radius 1 is 1.10 bits per heavy atom. The molecule has 4 aromatic rings. The molecule has 0 amide bonds. The zero-order valence-electron chi connectivity index (χ0n) is 16.3. The summed E-state index contributed by atoms with van der Waals surface area (Å²) in [4.78, 5) is 24.8. The van der Waals surface area contributed by atoms with E-state index in [2.05, 4.69) is 20.3 Å². The molecule has 0 saturated heterocycles. The summed E-state index contributed by atoms with van der Waals surface area (Å²) in [6.45, 7) is 0. The van der Waals surface area contributed by atoms with Crippen molar-refractivity contribution in [2.75, 3.05) is 19.5 Å². The molecule has 0 aliphatic carbocycles. The third kappa shape index (κ3) is 3.80. The van der Waals surface area contributed by atoms with Gasteiger partial charge in [-0.05, 0) is 24.3 Å². The molecule has 1 atom stereocenters. The van der Waals surface area contributed by atoms with Crippen molar-refractivity contribution in [3.8, 4) is 11.6 Å². The van der Waals surface area contributed by atoms with Gasteiger partial charge in [0.25, 0.3) is 0 Å². The Morgan fingerprint density at radius 2 is 1.97 bits per heavy atom. The number of fused-ring (bicyclic) bond motifs is 1. The topological polar surface area (TPSA) is 89.1 Å². The second-order valence-corrected chi connectivity index (χ2v) is 6.58. The van der Waals surface area contributed by atoms with Crippen LogP contribution < -0.4 is 14.8 Å². The lowest BCUT2D eigenvalue weighted by Crippen LogP contribution is -2.21. The number of ketones is 1. The standard InChI is InChI=1S/C22H19FN4O3/c1-29-16-8-15(10-24-11-16)27-21(13-3-6-20(30-2)26-9-13)22(28)18-12-25-19-7-14(23)4-5-17(18)19/h3-12,21,25,27H,1-2H3. The predicted molar refractivity (Wildman–Crippen MR) is 111 cm³/mol. The number of carbonyl (C=O) groups is 1. The van der Waals surface area contributed by atoms with E-state index in [0.717, 1.165) is 0 Å². The fourth-order valence-corrected chi connectivity index (χ4v) is 3.22. The normalized spacial score (nSPS) is 11.8. The summed E-state index contributed by atoms with van der Waals surface area (Å²) in [5.41, 5.74) is 2.23. The quantitative estimate of drug-likeness (QED) is 0.448. The number of nitrogens with one attached hydrogen (secondary N) is 2. The monoisotopic (exact) mass is 406 g/mol. The maximum Gasteiger partial charge on any atom is 0.212 e. The number of hydrogen-bond donors (Lipinski definition) is 2. The molecule has 0 aliphatic heterocycles. The van der Waals surface area contributed by atoms with Gasteiger partial charge in [0.15, 0.2) is 5.78 Å². The summed E-state index contributed by atoms with van der Waals surface area (Å²) in [6.07, 6.45) is 6.34. The number of carbonyl (C=O) groups excluding carboxylic acids is 1. The van der Waals surface area contributed by atoms with E-state index in [1.165, 1.54) is 19.2 Å². The van der Waals surface area contributed by atoms with Crippen LogP contribution in [0.1, 0.15) is 22.0 Å². The van der Waals surface area contributed by atoms with Crippen molar-refractivity contribution in [1.29, 1.82) is 0 Å². The number of anilines is 1. The summed E-state index contributed by atoms with van der Waals surface area (Å²) in [5, 5.41) is 3.85. The highest BCUT2D eigenvalue weighted by atomic mass is 19.1. The molecule has 2 N–H and O–H groups in total. The third-order valence-corrected chi connectivity index (χ3v) is 4.73. The maximum absolute atomic E-state index is 13.5. The molecule has 3 heterocycles. The molecule has 0 saturated carbocycles. The number of aromatic nitrogens is 3. The number of halogens is 1. The lowest BCUT2D eigenvalue weighted by atomic mass is 9.98. The van der Waals surface area contributed by atoms with Gasteiger partial charge in [0.2, 0.25) is 5.88 Å². The number of hydrogen-bond acceptors (Lipinski definition) is 6. The van der Waals surface area contributed by atoms with Crippen LogP contribution in [-0.4, -0.2) is 35.0 Å². The van der Waals surface area contributed by atoms with Gasteiger partial charge in [-0.2, -0.15) is 0 Å². The van der Waals surface area contributed by atoms with E-state index in [1.807, 2.05) is 0 Å². The van der Waals surface area contributed by atoms with Crippen molar-refractivity contribution in [1.82, 2.24) is 15.0 Å². The minimum absolute atomic E-state index is 0.206. The van der Waals surface area contributed by atoms with Crippen molar-refractivity contribution in [3.05, 3.63) is 78.1 Å². The molecule has 4 rings (SSSR count). The highest BCUT2D eigenvalue weighted by Gasteiger charge is 2.25. The number of pyridine rings is 2. The first-order chi connectivity index (χ1) is 14.6. The smallest absolute Gasteiger partial charge is 0.212 e. The maximum atomic E-state index is 13.5. The summed E-state index contributed by atoms with van der Waals surface area (Å²) in [6, 6.07) is 8.71. The lowest BCUT2D eigenvalue weighted by Gasteiger charge is -2.19. The van der Waals surface area contributed by atoms with Gasteiger partial charge in [0, 0.05) is 46.6 Å². The Hall–Kier alpha value is -3.94. The zero-order chi connectivity index (χ0) is 21.1. The van der Waals surface area contributed by atoms with Crippen molar-refractivity contribution in [3.63, 3.8) is 0 Å². The molecule has 7 nitrogen and oxygen atoms in total. The van der Waals surface area contributed by atoms with Crippen molar-refractivity contribution in [2.45, 2.75) is 6.04 Å². The number of H-pyrrole nitrogens is 1. The predicted octanol–water partition coefficient (Wildman–Crippen LogP) is 4.15. The number of nitrogens with zero attached hydrogens (tertiary/aromatic N) is 2. The summed E-state index contributed by atoms with van der Waals surface area (Å²) in [5.74, 6) is 0.416. The van der Waals surface area contributed by atoms with Gasteiger partial charge >= 0.3 is 0 Å². The molecular weight excluding hydrogens is 387 g/mol. The number of aromatic amines is 1. The minimum atomic E-state index is -0.763. The number of benzene rings is 1. The van der Waals surface area contributed by atoms with Crippen LogP contribution in [0.2, 0.25) is 0 Å². The van der Waals surface area contributed by atoms with Gasteiger partial charge in [0.1, 0.15) is 17.6 Å². The van der Waals surface area contributed by atoms with Gasteiger partial charge in [-0.3, -0.25) is 9.78 Å². The van der Waals surface area contributed by atoms with E-state index in [9.17, 15) is 9.18 Å². The molecule has 1 unspecified atom stereocenters. The molecular formula is C22H19FN4O3. The Morgan fingerprint density at radius 3 is 2.70 bits per heavy atom. The van der Waals surface area contributed by atoms with Gasteiger partial charge in [-0.25, -0.2) is 9.37 Å². The fraction of sp³-hybridized carbons (Fsp3) is 0.136. The van der Waals surface area contributed by atoms with Gasteiger partial charge < -0.3 is 19.8 Å². The molecule has 152 valence electrons. The molecule has 30 heavy (non-hydrogen) atoms. The van der Waals surface area contributed by atoms with E-state index in [-0.39, 0.29) is 11.6 Å². The highest BCUT2D eigenvalue weighted by Crippen LogP contribution is 2.29. The molecule has 0 aliphatic rings. The summed E-state index contributed by atoms with van der Waals surface area (Å²) >= 11 is 0. The first kappa shape index (κ1) is 19.4. The van der Waals surface area contributed by atoms with E-state index in [4.69, 9.17) is 9.47 Å². The van der Waals surface area contributed by atoms with Crippen LogP contribution in [0, 0.1) is 5.82 Å². The number of Topliss-reactive ketones (excluding diaryl/α,β-unsaturated/α-hetero) is 1. The van der Waals surface area contributed by atoms with Crippen LogP contribution in [0.3, 0.4) is 0 Å². The van der Waals surface area contributed by atoms with E-state index < -0.39 is 6.04 Å². The van der Waals surface area contributed by atoms with Crippen LogP contribution in [0.25, 0.3) is 10.9 Å². The number of methoxy groups -OCH3 is 2. The van der Waals surface area contributed by atoms with Crippen molar-refractivity contribution in [2.24, 2.45) is 0 Å². The van der Waals surface area contributed by atoms with Crippen LogP contribution in [0.4, 0.5) is 10.1 Å². The average Bonchev–Trinajstić information content (AvgIpc) is 3.20. The van der Waals surface area contributed by atoms with E-state index in [1.54, 1.807) is 56.2 Å². The van der Waals surface area contributed by atoms with E-state index in [0.29, 0.717) is 39.3 Å². The Labute approximate surface area is 171 Å². The second kappa shape index (κ2) is 8.20. The number of ether oxygens (including phenoxy) is 2. The molecule has 3 aromatic heterocycles. The second-order valence-electron chi connectivity index (χ2n) is 6.58. The van der Waals surface area contributed by atoms with Crippen LogP contribution in [0.5, 0.6) is 11.6 Å². The summed E-state index contributed by atoms with van der Waals surface area (Å²) in [7, 11) is 3.07. The van der Waals surface area contributed by atoms with Crippen LogP contribution >= 0.6 is 0 Å². The zero-order valence-corrected chi connectivity index (χ0v) is 16.3. The molecule has 0 radical (unpaired) electrons. The molecule has 8 heteroatoms. The van der Waals surface area contributed by atoms with Gasteiger partial charge in [-0.15, -0.1) is 0 Å². The van der Waals surface area contributed by atoms with E-state index >= 15 is 0 Å². The minimum Gasteiger partial charge on any atom is -0.495 e. The number of rotatable bonds is 7. The fourth-order valence-electron chi connectivity index (χ4n) is 3.22. The first-order valence-corrected chi connectivity index (χ1v) is 9.15. The Kier molecular flexibility index (Phi) is 5.30. The lowest BCUT2D eigenvalue weighted by molar-refractivity contribution is 0.0971.